The van der Waals surface area contributed by atoms with Gasteiger partial charge in [-0.05, 0) is 31.1 Å². The van der Waals surface area contributed by atoms with Crippen LogP contribution in [-0.2, 0) is 10.0 Å². The third-order valence-electron chi connectivity index (χ3n) is 3.68. The Morgan fingerprint density at radius 1 is 1.24 bits per heavy atom. The van der Waals surface area contributed by atoms with E-state index in [0.717, 1.165) is 6.42 Å². The number of sulfonamides is 1. The molecule has 5 heteroatoms. The standard InChI is InChI=1S/C12H25NO3S/c1-11-6-2-3-7-12(11)10-13-17(15,16)9-5-4-8-14/h11-14H,2-10H2,1H3. The van der Waals surface area contributed by atoms with E-state index in [0.29, 0.717) is 31.2 Å². The number of aliphatic hydroxyl groups excluding tert-OH is 1. The van der Waals surface area contributed by atoms with Crippen molar-refractivity contribution in [2.24, 2.45) is 11.8 Å². The molecule has 0 bridgehead atoms. The lowest BCUT2D eigenvalue weighted by Gasteiger charge is -2.28. The second kappa shape index (κ2) is 7.34. The maximum atomic E-state index is 11.7. The second-order valence-corrected chi connectivity index (χ2v) is 7.05. The van der Waals surface area contributed by atoms with E-state index in [1.807, 2.05) is 0 Å². The molecule has 2 atom stereocenters. The molecule has 1 rings (SSSR count). The highest BCUT2D eigenvalue weighted by atomic mass is 32.2. The number of rotatable bonds is 7. The summed E-state index contributed by atoms with van der Waals surface area (Å²) in [6, 6.07) is 0. The molecule has 4 nitrogen and oxygen atoms in total. The molecule has 2 unspecified atom stereocenters. The van der Waals surface area contributed by atoms with E-state index in [1.165, 1.54) is 19.3 Å². The van der Waals surface area contributed by atoms with Crippen molar-refractivity contribution in [3.8, 4) is 0 Å². The summed E-state index contributed by atoms with van der Waals surface area (Å²) in [6.07, 6.45) is 5.95. The van der Waals surface area contributed by atoms with E-state index in [4.69, 9.17) is 5.11 Å². The van der Waals surface area contributed by atoms with E-state index in [1.54, 1.807) is 0 Å². The van der Waals surface area contributed by atoms with Crippen LogP contribution in [0.3, 0.4) is 0 Å². The van der Waals surface area contributed by atoms with Gasteiger partial charge in [-0.1, -0.05) is 26.2 Å². The Bertz CT molecular complexity index is 303. The van der Waals surface area contributed by atoms with Gasteiger partial charge in [-0.2, -0.15) is 0 Å². The van der Waals surface area contributed by atoms with Crippen LogP contribution in [0.2, 0.25) is 0 Å². The average Bonchev–Trinajstić information content (AvgIpc) is 2.28. The zero-order valence-electron chi connectivity index (χ0n) is 10.7. The highest BCUT2D eigenvalue weighted by Crippen LogP contribution is 2.28. The fourth-order valence-corrected chi connectivity index (χ4v) is 3.60. The van der Waals surface area contributed by atoms with Gasteiger partial charge in [0.2, 0.25) is 10.0 Å². The molecule has 1 aliphatic rings. The van der Waals surface area contributed by atoms with E-state index in [9.17, 15) is 8.42 Å². The first-order valence-electron chi connectivity index (χ1n) is 6.63. The lowest BCUT2D eigenvalue weighted by molar-refractivity contribution is 0.257. The summed E-state index contributed by atoms with van der Waals surface area (Å²) >= 11 is 0. The highest BCUT2D eigenvalue weighted by molar-refractivity contribution is 7.89. The Hall–Kier alpha value is -0.130. The van der Waals surface area contributed by atoms with Crippen LogP contribution in [0.5, 0.6) is 0 Å². The Labute approximate surface area is 105 Å². The molecule has 2 N–H and O–H groups in total. The summed E-state index contributed by atoms with van der Waals surface area (Å²) < 4.78 is 26.0. The van der Waals surface area contributed by atoms with E-state index >= 15 is 0 Å². The first kappa shape index (κ1) is 14.9. The van der Waals surface area contributed by atoms with Gasteiger partial charge in [0, 0.05) is 13.2 Å². The number of hydrogen-bond acceptors (Lipinski definition) is 3. The van der Waals surface area contributed by atoms with Gasteiger partial charge in [-0.3, -0.25) is 0 Å². The molecule has 0 amide bonds. The highest BCUT2D eigenvalue weighted by Gasteiger charge is 2.22. The number of aliphatic hydroxyl groups is 1. The quantitative estimate of drug-likeness (QED) is 0.684. The van der Waals surface area contributed by atoms with Crippen molar-refractivity contribution in [1.82, 2.24) is 4.72 Å². The molecule has 0 aromatic rings. The lowest BCUT2D eigenvalue weighted by atomic mass is 9.81. The largest absolute Gasteiger partial charge is 0.396 e. The second-order valence-electron chi connectivity index (χ2n) is 5.12. The fraction of sp³-hybridized carbons (Fsp3) is 1.00. The van der Waals surface area contributed by atoms with Crippen molar-refractivity contribution in [2.75, 3.05) is 18.9 Å². The molecule has 0 heterocycles. The minimum atomic E-state index is -3.14. The molecule has 0 aliphatic heterocycles. The van der Waals surface area contributed by atoms with Crippen LogP contribution in [0, 0.1) is 11.8 Å². The minimum absolute atomic E-state index is 0.0647. The minimum Gasteiger partial charge on any atom is -0.396 e. The summed E-state index contributed by atoms with van der Waals surface area (Å²) in [7, 11) is -3.14. The Balaban J connectivity index is 2.28. The topological polar surface area (TPSA) is 66.4 Å². The number of nitrogens with one attached hydrogen (secondary N) is 1. The number of hydrogen-bond donors (Lipinski definition) is 2. The monoisotopic (exact) mass is 263 g/mol. The van der Waals surface area contributed by atoms with Gasteiger partial charge in [-0.15, -0.1) is 0 Å². The summed E-state index contributed by atoms with van der Waals surface area (Å²) in [5, 5.41) is 8.62. The van der Waals surface area contributed by atoms with Gasteiger partial charge >= 0.3 is 0 Å². The van der Waals surface area contributed by atoms with Crippen molar-refractivity contribution in [2.45, 2.75) is 45.4 Å². The molecule has 1 aliphatic carbocycles. The van der Waals surface area contributed by atoms with Crippen LogP contribution in [-0.4, -0.2) is 32.4 Å². The van der Waals surface area contributed by atoms with Gasteiger partial charge in [-0.25, -0.2) is 13.1 Å². The molecular weight excluding hydrogens is 238 g/mol. The van der Waals surface area contributed by atoms with Gasteiger partial charge in [0.1, 0.15) is 0 Å². The first-order chi connectivity index (χ1) is 8.05. The summed E-state index contributed by atoms with van der Waals surface area (Å²) in [5.74, 6) is 1.26. The Kier molecular flexibility index (Phi) is 6.44. The molecule has 17 heavy (non-hydrogen) atoms. The molecule has 0 spiro atoms. The van der Waals surface area contributed by atoms with Crippen LogP contribution < -0.4 is 4.72 Å². The molecule has 0 saturated heterocycles. The predicted octanol–water partition coefficient (Wildman–Crippen LogP) is 1.50. The molecule has 0 radical (unpaired) electrons. The average molecular weight is 263 g/mol. The normalized spacial score (nSPS) is 26.0. The van der Waals surface area contributed by atoms with Gasteiger partial charge in [0.25, 0.3) is 0 Å². The Morgan fingerprint density at radius 3 is 2.59 bits per heavy atom. The van der Waals surface area contributed by atoms with Gasteiger partial charge in [0.15, 0.2) is 0 Å². The third kappa shape index (κ3) is 5.84. The summed E-state index contributed by atoms with van der Waals surface area (Å²) in [6.45, 7) is 2.86. The fourth-order valence-electron chi connectivity index (χ4n) is 2.41. The molecule has 0 aromatic carbocycles. The SMILES string of the molecule is CC1CCCCC1CNS(=O)(=O)CCCCO. The maximum Gasteiger partial charge on any atom is 0.211 e. The van der Waals surface area contributed by atoms with Crippen LogP contribution >= 0.6 is 0 Å². The summed E-state index contributed by atoms with van der Waals surface area (Å²) in [5.41, 5.74) is 0. The van der Waals surface area contributed by atoms with E-state index in [2.05, 4.69) is 11.6 Å². The van der Waals surface area contributed by atoms with Crippen molar-refractivity contribution in [1.29, 1.82) is 0 Å². The van der Waals surface area contributed by atoms with Crippen molar-refractivity contribution in [3.63, 3.8) is 0 Å². The zero-order valence-corrected chi connectivity index (χ0v) is 11.5. The van der Waals surface area contributed by atoms with Crippen LogP contribution in [0.15, 0.2) is 0 Å². The van der Waals surface area contributed by atoms with Crippen LogP contribution in [0.4, 0.5) is 0 Å². The van der Waals surface area contributed by atoms with Crippen LogP contribution in [0.25, 0.3) is 0 Å². The molecule has 1 saturated carbocycles. The van der Waals surface area contributed by atoms with Crippen LogP contribution in [0.1, 0.15) is 45.4 Å². The first-order valence-corrected chi connectivity index (χ1v) is 8.28. The summed E-state index contributed by atoms with van der Waals surface area (Å²) in [4.78, 5) is 0. The van der Waals surface area contributed by atoms with Gasteiger partial charge < -0.3 is 5.11 Å². The molecule has 0 aromatic heterocycles. The predicted molar refractivity (Wildman–Crippen MR) is 69.2 cm³/mol. The third-order valence-corrected chi connectivity index (χ3v) is 5.11. The van der Waals surface area contributed by atoms with Gasteiger partial charge in [0.05, 0.1) is 5.75 Å². The van der Waals surface area contributed by atoms with E-state index in [-0.39, 0.29) is 12.4 Å². The lowest BCUT2D eigenvalue weighted by Crippen LogP contribution is -2.34. The van der Waals surface area contributed by atoms with Crippen molar-refractivity contribution < 1.29 is 13.5 Å². The Morgan fingerprint density at radius 2 is 1.94 bits per heavy atom. The molecule has 102 valence electrons. The van der Waals surface area contributed by atoms with E-state index < -0.39 is 10.0 Å². The maximum absolute atomic E-state index is 11.7. The molecular formula is C12H25NO3S. The zero-order chi connectivity index (χ0) is 12.7. The van der Waals surface area contributed by atoms with Crippen molar-refractivity contribution in [3.05, 3.63) is 0 Å². The smallest absolute Gasteiger partial charge is 0.211 e. The number of unbranched alkanes of at least 4 members (excludes halogenated alkanes) is 1. The molecule has 1 fully saturated rings. The van der Waals surface area contributed by atoms with Crippen molar-refractivity contribution >= 4 is 10.0 Å².